The standard InChI is InChI=1S/C16H22N2O2/c1-3-12(2)17-16(20)14-9-15(19)18(11-14)10-13-7-5-4-6-8-13/h4-8,12,14H,3,9-11H2,1-2H3,(H,17,20)/t12-,14-/m1/s1. The molecule has 20 heavy (non-hydrogen) atoms. The zero-order chi connectivity index (χ0) is 14.5. The molecule has 2 rings (SSSR count). The highest BCUT2D eigenvalue weighted by Crippen LogP contribution is 2.20. The van der Waals surface area contributed by atoms with Crippen LogP contribution in [0.4, 0.5) is 0 Å². The smallest absolute Gasteiger partial charge is 0.225 e. The largest absolute Gasteiger partial charge is 0.353 e. The lowest BCUT2D eigenvalue weighted by atomic mass is 10.1. The second kappa shape index (κ2) is 6.55. The fourth-order valence-electron chi connectivity index (χ4n) is 2.37. The van der Waals surface area contributed by atoms with Gasteiger partial charge in [0.2, 0.25) is 11.8 Å². The van der Waals surface area contributed by atoms with Gasteiger partial charge in [-0.3, -0.25) is 9.59 Å². The monoisotopic (exact) mass is 274 g/mol. The van der Waals surface area contributed by atoms with E-state index in [-0.39, 0.29) is 23.8 Å². The molecule has 1 aliphatic rings. The number of nitrogens with zero attached hydrogens (tertiary/aromatic N) is 1. The van der Waals surface area contributed by atoms with Crippen molar-refractivity contribution in [2.24, 2.45) is 5.92 Å². The van der Waals surface area contributed by atoms with Gasteiger partial charge in [-0.1, -0.05) is 37.3 Å². The second-order valence-corrected chi connectivity index (χ2v) is 5.48. The zero-order valence-corrected chi connectivity index (χ0v) is 12.1. The summed E-state index contributed by atoms with van der Waals surface area (Å²) >= 11 is 0. The van der Waals surface area contributed by atoms with Crippen LogP contribution in [0.1, 0.15) is 32.3 Å². The molecule has 1 aromatic rings. The predicted octanol–water partition coefficient (Wildman–Crippen LogP) is 1.95. The van der Waals surface area contributed by atoms with Crippen molar-refractivity contribution in [2.75, 3.05) is 6.54 Å². The van der Waals surface area contributed by atoms with Crippen LogP contribution >= 0.6 is 0 Å². The van der Waals surface area contributed by atoms with Gasteiger partial charge in [0.15, 0.2) is 0 Å². The van der Waals surface area contributed by atoms with Crippen LogP contribution < -0.4 is 5.32 Å². The number of likely N-dealkylation sites (tertiary alicyclic amines) is 1. The van der Waals surface area contributed by atoms with Crippen molar-refractivity contribution in [1.82, 2.24) is 10.2 Å². The van der Waals surface area contributed by atoms with E-state index in [0.29, 0.717) is 19.5 Å². The van der Waals surface area contributed by atoms with Gasteiger partial charge in [0.25, 0.3) is 0 Å². The van der Waals surface area contributed by atoms with Crippen molar-refractivity contribution in [3.63, 3.8) is 0 Å². The summed E-state index contributed by atoms with van der Waals surface area (Å²) in [7, 11) is 0. The van der Waals surface area contributed by atoms with Gasteiger partial charge in [-0.15, -0.1) is 0 Å². The van der Waals surface area contributed by atoms with Crippen molar-refractivity contribution in [3.05, 3.63) is 35.9 Å². The fourth-order valence-corrected chi connectivity index (χ4v) is 2.37. The Bertz CT molecular complexity index is 473. The Balaban J connectivity index is 1.92. The molecule has 0 radical (unpaired) electrons. The molecule has 2 atom stereocenters. The summed E-state index contributed by atoms with van der Waals surface area (Å²) in [5, 5.41) is 2.96. The number of hydrogen-bond acceptors (Lipinski definition) is 2. The fraction of sp³-hybridized carbons (Fsp3) is 0.500. The van der Waals surface area contributed by atoms with Crippen molar-refractivity contribution in [1.29, 1.82) is 0 Å². The average molecular weight is 274 g/mol. The number of benzene rings is 1. The molecule has 0 aromatic heterocycles. The minimum absolute atomic E-state index is 0.00302. The maximum absolute atomic E-state index is 12.1. The summed E-state index contributed by atoms with van der Waals surface area (Å²) in [6.45, 7) is 5.13. The lowest BCUT2D eigenvalue weighted by Gasteiger charge is -2.18. The Labute approximate surface area is 120 Å². The molecule has 0 spiro atoms. The average Bonchev–Trinajstić information content (AvgIpc) is 2.81. The summed E-state index contributed by atoms with van der Waals surface area (Å²) in [4.78, 5) is 25.8. The first kappa shape index (κ1) is 14.6. The van der Waals surface area contributed by atoms with Crippen molar-refractivity contribution in [2.45, 2.75) is 39.3 Å². The van der Waals surface area contributed by atoms with Crippen molar-refractivity contribution >= 4 is 11.8 Å². The molecule has 108 valence electrons. The van der Waals surface area contributed by atoms with E-state index < -0.39 is 0 Å². The molecular weight excluding hydrogens is 252 g/mol. The van der Waals surface area contributed by atoms with E-state index in [1.165, 1.54) is 0 Å². The maximum Gasteiger partial charge on any atom is 0.225 e. The highest BCUT2D eigenvalue weighted by Gasteiger charge is 2.34. The Hall–Kier alpha value is -1.84. The molecule has 1 N–H and O–H groups in total. The maximum atomic E-state index is 12.1. The van der Waals surface area contributed by atoms with Crippen LogP contribution in [-0.4, -0.2) is 29.3 Å². The number of carbonyl (C=O) groups is 2. The topological polar surface area (TPSA) is 49.4 Å². The lowest BCUT2D eigenvalue weighted by Crippen LogP contribution is -2.38. The van der Waals surface area contributed by atoms with Crippen molar-refractivity contribution < 1.29 is 9.59 Å². The molecule has 1 aliphatic heterocycles. The summed E-state index contributed by atoms with van der Waals surface area (Å²) < 4.78 is 0. The third kappa shape index (κ3) is 3.59. The van der Waals surface area contributed by atoms with E-state index in [9.17, 15) is 9.59 Å². The molecule has 4 nitrogen and oxygen atoms in total. The van der Waals surface area contributed by atoms with Gasteiger partial charge in [0, 0.05) is 25.6 Å². The summed E-state index contributed by atoms with van der Waals surface area (Å²) in [5.41, 5.74) is 1.10. The van der Waals surface area contributed by atoms with E-state index in [0.717, 1.165) is 12.0 Å². The van der Waals surface area contributed by atoms with Crippen LogP contribution in [0.3, 0.4) is 0 Å². The normalized spacial score (nSPS) is 20.0. The van der Waals surface area contributed by atoms with Crippen molar-refractivity contribution in [3.8, 4) is 0 Å². The molecule has 1 heterocycles. The van der Waals surface area contributed by atoms with Gasteiger partial charge >= 0.3 is 0 Å². The summed E-state index contributed by atoms with van der Waals surface area (Å²) in [5.74, 6) is -0.137. The molecular formula is C16H22N2O2. The van der Waals surface area contributed by atoms with E-state index in [1.54, 1.807) is 4.90 Å². The van der Waals surface area contributed by atoms with Crippen LogP contribution in [0, 0.1) is 5.92 Å². The van der Waals surface area contributed by atoms with Gasteiger partial charge in [-0.05, 0) is 18.9 Å². The molecule has 1 aromatic carbocycles. The molecule has 1 saturated heterocycles. The van der Waals surface area contributed by atoms with Crippen LogP contribution in [-0.2, 0) is 16.1 Å². The van der Waals surface area contributed by atoms with Gasteiger partial charge < -0.3 is 10.2 Å². The minimum atomic E-state index is -0.208. The first-order valence-electron chi connectivity index (χ1n) is 7.22. The van der Waals surface area contributed by atoms with Gasteiger partial charge in [-0.2, -0.15) is 0 Å². The number of carbonyl (C=O) groups excluding carboxylic acids is 2. The first-order chi connectivity index (χ1) is 9.60. The summed E-state index contributed by atoms with van der Waals surface area (Å²) in [6.07, 6.45) is 1.23. The third-order valence-electron chi connectivity index (χ3n) is 3.80. The Morgan fingerprint density at radius 2 is 2.10 bits per heavy atom. The lowest BCUT2D eigenvalue weighted by molar-refractivity contribution is -0.129. The van der Waals surface area contributed by atoms with E-state index in [2.05, 4.69) is 5.32 Å². The molecule has 4 heteroatoms. The van der Waals surface area contributed by atoms with E-state index in [4.69, 9.17) is 0 Å². The third-order valence-corrected chi connectivity index (χ3v) is 3.80. The highest BCUT2D eigenvalue weighted by molar-refractivity contribution is 5.89. The molecule has 0 aliphatic carbocycles. The Morgan fingerprint density at radius 3 is 2.75 bits per heavy atom. The minimum Gasteiger partial charge on any atom is -0.353 e. The Morgan fingerprint density at radius 1 is 1.40 bits per heavy atom. The van der Waals surface area contributed by atoms with Crippen LogP contribution in [0.2, 0.25) is 0 Å². The molecule has 1 fully saturated rings. The summed E-state index contributed by atoms with van der Waals surface area (Å²) in [6, 6.07) is 10.0. The number of rotatable bonds is 5. The van der Waals surface area contributed by atoms with Crippen LogP contribution in [0.15, 0.2) is 30.3 Å². The highest BCUT2D eigenvalue weighted by atomic mass is 16.2. The number of hydrogen-bond donors (Lipinski definition) is 1. The van der Waals surface area contributed by atoms with Gasteiger partial charge in [-0.25, -0.2) is 0 Å². The number of nitrogens with one attached hydrogen (secondary N) is 1. The first-order valence-corrected chi connectivity index (χ1v) is 7.22. The second-order valence-electron chi connectivity index (χ2n) is 5.48. The molecule has 0 saturated carbocycles. The van der Waals surface area contributed by atoms with E-state index in [1.807, 2.05) is 44.2 Å². The Kier molecular flexibility index (Phi) is 4.77. The molecule has 0 bridgehead atoms. The molecule has 2 amide bonds. The zero-order valence-electron chi connectivity index (χ0n) is 12.1. The van der Waals surface area contributed by atoms with Crippen LogP contribution in [0.25, 0.3) is 0 Å². The van der Waals surface area contributed by atoms with Gasteiger partial charge in [0.1, 0.15) is 0 Å². The predicted molar refractivity (Wildman–Crippen MR) is 77.9 cm³/mol. The quantitative estimate of drug-likeness (QED) is 0.892. The molecule has 0 unspecified atom stereocenters. The SMILES string of the molecule is CC[C@@H](C)NC(=O)[C@@H]1CC(=O)N(Cc2ccccc2)C1. The number of amides is 2. The van der Waals surface area contributed by atoms with Gasteiger partial charge in [0.05, 0.1) is 5.92 Å². The van der Waals surface area contributed by atoms with Crippen LogP contribution in [0.5, 0.6) is 0 Å². The van der Waals surface area contributed by atoms with E-state index >= 15 is 0 Å².